The van der Waals surface area contributed by atoms with E-state index in [0.29, 0.717) is 22.9 Å². The SMILES string of the molecule is O=C(Cn1nnc(-c2ccccc2)n1)NN=Cc1ccc(-c2ccc([N+](=O)[O-])cc2)o1. The van der Waals surface area contributed by atoms with E-state index in [1.54, 1.807) is 24.3 Å². The molecular formula is C20H15N7O4. The Labute approximate surface area is 175 Å². The Kier molecular flexibility index (Phi) is 5.56. The van der Waals surface area contributed by atoms with Crippen molar-refractivity contribution in [2.75, 3.05) is 0 Å². The summed E-state index contributed by atoms with van der Waals surface area (Å²) in [4.78, 5) is 23.5. The van der Waals surface area contributed by atoms with Crippen LogP contribution < -0.4 is 5.43 Å². The highest BCUT2D eigenvalue weighted by Gasteiger charge is 2.10. The highest BCUT2D eigenvalue weighted by atomic mass is 16.6. The van der Waals surface area contributed by atoms with E-state index < -0.39 is 10.8 Å². The van der Waals surface area contributed by atoms with Gasteiger partial charge in [0.1, 0.15) is 18.1 Å². The number of carbonyl (C=O) groups is 1. The van der Waals surface area contributed by atoms with Crippen LogP contribution in [0.3, 0.4) is 0 Å². The molecule has 0 radical (unpaired) electrons. The van der Waals surface area contributed by atoms with Gasteiger partial charge in [-0.1, -0.05) is 30.3 Å². The average Bonchev–Trinajstić information content (AvgIpc) is 3.44. The van der Waals surface area contributed by atoms with Gasteiger partial charge in [-0.15, -0.1) is 10.2 Å². The number of hydrogen-bond acceptors (Lipinski definition) is 8. The number of nitro groups is 1. The van der Waals surface area contributed by atoms with Crippen LogP contribution in [0.15, 0.2) is 76.2 Å². The number of hydrazone groups is 1. The van der Waals surface area contributed by atoms with Gasteiger partial charge in [0.15, 0.2) is 0 Å². The van der Waals surface area contributed by atoms with E-state index in [0.717, 1.165) is 5.56 Å². The normalized spacial score (nSPS) is 11.0. The van der Waals surface area contributed by atoms with Crippen LogP contribution in [0.1, 0.15) is 5.76 Å². The summed E-state index contributed by atoms with van der Waals surface area (Å²) in [5.74, 6) is 0.906. The highest BCUT2D eigenvalue weighted by Crippen LogP contribution is 2.24. The number of tetrazole rings is 1. The van der Waals surface area contributed by atoms with Gasteiger partial charge in [-0.05, 0) is 29.5 Å². The second kappa shape index (κ2) is 8.78. The lowest BCUT2D eigenvalue weighted by Gasteiger charge is -1.98. The van der Waals surface area contributed by atoms with Crippen molar-refractivity contribution in [3.05, 3.63) is 82.6 Å². The molecule has 0 bridgehead atoms. The number of amides is 1. The van der Waals surface area contributed by atoms with Crippen LogP contribution in [-0.4, -0.2) is 37.3 Å². The molecule has 2 aromatic heterocycles. The van der Waals surface area contributed by atoms with E-state index in [2.05, 4.69) is 25.9 Å². The molecular weight excluding hydrogens is 402 g/mol. The van der Waals surface area contributed by atoms with E-state index >= 15 is 0 Å². The van der Waals surface area contributed by atoms with Crippen LogP contribution in [0.2, 0.25) is 0 Å². The van der Waals surface area contributed by atoms with Crippen molar-refractivity contribution in [3.8, 4) is 22.7 Å². The van der Waals surface area contributed by atoms with Crippen molar-refractivity contribution in [1.29, 1.82) is 0 Å². The van der Waals surface area contributed by atoms with E-state index in [-0.39, 0.29) is 12.2 Å². The molecule has 0 aliphatic carbocycles. The minimum atomic E-state index is -0.468. The van der Waals surface area contributed by atoms with E-state index in [1.807, 2.05) is 30.3 Å². The summed E-state index contributed by atoms with van der Waals surface area (Å²) < 4.78 is 5.61. The molecule has 1 N–H and O–H groups in total. The fraction of sp³-hybridized carbons (Fsp3) is 0.0500. The number of nitrogens with one attached hydrogen (secondary N) is 1. The van der Waals surface area contributed by atoms with Gasteiger partial charge in [0.25, 0.3) is 11.6 Å². The van der Waals surface area contributed by atoms with Gasteiger partial charge in [-0.2, -0.15) is 9.90 Å². The van der Waals surface area contributed by atoms with Crippen LogP contribution in [0, 0.1) is 10.1 Å². The van der Waals surface area contributed by atoms with E-state index in [9.17, 15) is 14.9 Å². The number of nitro benzene ring substituents is 1. The summed E-state index contributed by atoms with van der Waals surface area (Å²) in [6, 6.07) is 18.6. The first-order chi connectivity index (χ1) is 15.1. The van der Waals surface area contributed by atoms with Gasteiger partial charge in [-0.25, -0.2) is 5.43 Å². The number of hydrogen-bond donors (Lipinski definition) is 1. The van der Waals surface area contributed by atoms with Gasteiger partial charge >= 0.3 is 0 Å². The zero-order valence-electron chi connectivity index (χ0n) is 16.0. The lowest BCUT2D eigenvalue weighted by atomic mass is 10.1. The first-order valence-corrected chi connectivity index (χ1v) is 9.08. The summed E-state index contributed by atoms with van der Waals surface area (Å²) >= 11 is 0. The average molecular weight is 417 g/mol. The zero-order chi connectivity index (χ0) is 21.6. The Hall–Kier alpha value is -4.67. The van der Waals surface area contributed by atoms with Gasteiger partial charge in [0, 0.05) is 23.3 Å². The van der Waals surface area contributed by atoms with Crippen molar-refractivity contribution in [2.24, 2.45) is 5.10 Å². The van der Waals surface area contributed by atoms with Crippen molar-refractivity contribution < 1.29 is 14.1 Å². The van der Waals surface area contributed by atoms with Crippen LogP contribution in [0.4, 0.5) is 5.69 Å². The van der Waals surface area contributed by atoms with E-state index in [1.165, 1.54) is 23.1 Å². The number of non-ortho nitro benzene ring substituents is 1. The molecule has 0 spiro atoms. The smallest absolute Gasteiger partial charge is 0.269 e. The third kappa shape index (κ3) is 4.85. The number of carbonyl (C=O) groups excluding carboxylic acids is 1. The minimum absolute atomic E-state index is 0.00225. The van der Waals surface area contributed by atoms with Crippen LogP contribution in [-0.2, 0) is 11.3 Å². The summed E-state index contributed by atoms with van der Waals surface area (Å²) in [5.41, 5.74) is 3.84. The van der Waals surface area contributed by atoms with Gasteiger partial charge in [0.2, 0.25) is 5.82 Å². The van der Waals surface area contributed by atoms with Crippen molar-refractivity contribution >= 4 is 17.8 Å². The molecule has 11 heteroatoms. The predicted molar refractivity (Wildman–Crippen MR) is 110 cm³/mol. The Morgan fingerprint density at radius 3 is 2.61 bits per heavy atom. The zero-order valence-corrected chi connectivity index (χ0v) is 16.0. The van der Waals surface area contributed by atoms with Crippen LogP contribution in [0.25, 0.3) is 22.7 Å². The van der Waals surface area contributed by atoms with Crippen molar-refractivity contribution in [1.82, 2.24) is 25.6 Å². The van der Waals surface area contributed by atoms with E-state index in [4.69, 9.17) is 4.42 Å². The number of rotatable bonds is 7. The molecule has 0 aliphatic rings. The molecule has 2 aromatic carbocycles. The summed E-state index contributed by atoms with van der Waals surface area (Å²) in [6.07, 6.45) is 1.34. The Bertz CT molecular complexity index is 1230. The highest BCUT2D eigenvalue weighted by molar-refractivity contribution is 5.80. The number of nitrogens with zero attached hydrogens (tertiary/aromatic N) is 6. The molecule has 1 amide bonds. The molecule has 154 valence electrons. The summed E-state index contributed by atoms with van der Waals surface area (Å²) in [7, 11) is 0. The maximum Gasteiger partial charge on any atom is 0.269 e. The molecule has 31 heavy (non-hydrogen) atoms. The number of aromatic nitrogens is 4. The van der Waals surface area contributed by atoms with Crippen molar-refractivity contribution in [3.63, 3.8) is 0 Å². The fourth-order valence-electron chi connectivity index (χ4n) is 2.67. The molecule has 0 saturated carbocycles. The molecule has 2 heterocycles. The first kappa shape index (κ1) is 19.6. The van der Waals surface area contributed by atoms with Gasteiger partial charge in [-0.3, -0.25) is 14.9 Å². The number of furan rings is 1. The first-order valence-electron chi connectivity index (χ1n) is 9.08. The van der Waals surface area contributed by atoms with Crippen LogP contribution >= 0.6 is 0 Å². The molecule has 0 unspecified atom stereocenters. The topological polar surface area (TPSA) is 141 Å². The van der Waals surface area contributed by atoms with Gasteiger partial charge in [0.05, 0.1) is 11.1 Å². The standard InChI is InChI=1S/C20H15N7O4/c28-19(13-26-24-20(23-25-26)15-4-2-1-3-5-15)22-21-12-17-10-11-18(31-17)14-6-8-16(9-7-14)27(29)30/h1-12H,13H2,(H,22,28). The maximum atomic E-state index is 12.0. The predicted octanol–water partition coefficient (Wildman–Crippen LogP) is 2.66. The van der Waals surface area contributed by atoms with Gasteiger partial charge < -0.3 is 4.42 Å². The fourth-order valence-corrected chi connectivity index (χ4v) is 2.67. The molecule has 11 nitrogen and oxygen atoms in total. The van der Waals surface area contributed by atoms with Crippen LogP contribution in [0.5, 0.6) is 0 Å². The largest absolute Gasteiger partial charge is 0.455 e. The third-order valence-corrected chi connectivity index (χ3v) is 4.14. The lowest BCUT2D eigenvalue weighted by Crippen LogP contribution is -2.24. The lowest BCUT2D eigenvalue weighted by molar-refractivity contribution is -0.384. The number of benzene rings is 2. The third-order valence-electron chi connectivity index (χ3n) is 4.14. The quantitative estimate of drug-likeness (QED) is 0.277. The molecule has 4 aromatic rings. The maximum absolute atomic E-state index is 12.0. The molecule has 0 atom stereocenters. The summed E-state index contributed by atoms with van der Waals surface area (Å²) in [6.45, 7) is -0.149. The molecule has 0 saturated heterocycles. The summed E-state index contributed by atoms with van der Waals surface area (Å²) in [5, 5.41) is 26.5. The second-order valence-corrected chi connectivity index (χ2v) is 6.31. The molecule has 0 fully saturated rings. The van der Waals surface area contributed by atoms with Crippen molar-refractivity contribution in [2.45, 2.75) is 6.54 Å². The monoisotopic (exact) mass is 417 g/mol. The Morgan fingerprint density at radius 2 is 1.87 bits per heavy atom. The Balaban J connectivity index is 1.32. The molecule has 4 rings (SSSR count). The second-order valence-electron chi connectivity index (χ2n) is 6.31. The molecule has 0 aliphatic heterocycles. The minimum Gasteiger partial charge on any atom is -0.455 e. The Morgan fingerprint density at radius 1 is 1.10 bits per heavy atom.